The monoisotopic (exact) mass is 286 g/mol. The smallest absolute Gasteiger partial charge is 0.300 e. The summed E-state index contributed by atoms with van der Waals surface area (Å²) in [6.45, 7) is 3.08. The fourth-order valence-corrected chi connectivity index (χ4v) is 0.269. The fraction of sp³-hybridized carbons (Fsp3) is 0.667. The molecule has 0 saturated heterocycles. The standard InChI is InChI=1S/C4H10N2.C2H4O2.Ce/c1-2-3-4(5)6;1-2(3)4;/h2-3H2,1H3,(H3,5,6);1H3,(H,3,4);. The quantitative estimate of drug-likeness (QED) is 0.518. The molecule has 0 aliphatic carbocycles. The predicted molar refractivity (Wildman–Crippen MR) is 40.1 cm³/mol. The molecule has 0 aromatic rings. The first-order valence-electron chi connectivity index (χ1n) is 3.03. The summed E-state index contributed by atoms with van der Waals surface area (Å²) in [6.07, 6.45) is 1.72. The number of hydrogen-bond donors (Lipinski definition) is 3. The first kappa shape index (κ1) is 17.4. The molecule has 0 unspecified atom stereocenters. The minimum absolute atomic E-state index is 0. The van der Waals surface area contributed by atoms with Gasteiger partial charge in [-0.3, -0.25) is 10.2 Å². The van der Waals surface area contributed by atoms with Gasteiger partial charge < -0.3 is 10.8 Å². The molecule has 0 aromatic carbocycles. The van der Waals surface area contributed by atoms with Crippen molar-refractivity contribution in [3.63, 3.8) is 0 Å². The van der Waals surface area contributed by atoms with E-state index in [9.17, 15) is 0 Å². The van der Waals surface area contributed by atoms with E-state index in [1.165, 1.54) is 0 Å². The van der Waals surface area contributed by atoms with Gasteiger partial charge in [0.25, 0.3) is 5.97 Å². The molecule has 0 amide bonds. The van der Waals surface area contributed by atoms with Gasteiger partial charge >= 0.3 is 0 Å². The Morgan fingerprint density at radius 3 is 1.91 bits per heavy atom. The van der Waals surface area contributed by atoms with E-state index < -0.39 is 5.97 Å². The number of rotatable bonds is 2. The molecule has 0 spiro atoms. The SMILES string of the molecule is CC(=O)O.CCCC(=N)N.[Ce]. The van der Waals surface area contributed by atoms with Gasteiger partial charge in [0.2, 0.25) is 0 Å². The van der Waals surface area contributed by atoms with Crippen molar-refractivity contribution in [2.24, 2.45) is 5.73 Å². The number of carbonyl (C=O) groups is 1. The van der Waals surface area contributed by atoms with Gasteiger partial charge in [0.15, 0.2) is 0 Å². The van der Waals surface area contributed by atoms with Crippen molar-refractivity contribution >= 4 is 11.8 Å². The Kier molecular flexibility index (Phi) is 20.5. The number of nitrogens with two attached hydrogens (primary N) is 1. The van der Waals surface area contributed by atoms with Crippen LogP contribution in [-0.2, 0) is 4.79 Å². The van der Waals surface area contributed by atoms with Crippen LogP contribution in [-0.4, -0.2) is 16.9 Å². The molecule has 0 rings (SSSR count). The van der Waals surface area contributed by atoms with Crippen molar-refractivity contribution in [1.29, 1.82) is 5.41 Å². The second-order valence-electron chi connectivity index (χ2n) is 1.79. The summed E-state index contributed by atoms with van der Waals surface area (Å²) in [6, 6.07) is 0. The Balaban J connectivity index is -0.000000114. The van der Waals surface area contributed by atoms with Gasteiger partial charge in [-0.15, -0.1) is 0 Å². The Labute approximate surface area is 100 Å². The topological polar surface area (TPSA) is 87.2 Å². The van der Waals surface area contributed by atoms with Crippen LogP contribution < -0.4 is 5.73 Å². The Morgan fingerprint density at radius 1 is 1.64 bits per heavy atom. The third kappa shape index (κ3) is 64.9. The zero-order valence-corrected chi connectivity index (χ0v) is 9.99. The van der Waals surface area contributed by atoms with Gasteiger partial charge in [0, 0.05) is 55.1 Å². The van der Waals surface area contributed by atoms with Crippen molar-refractivity contribution in [3.8, 4) is 0 Å². The molecule has 0 aliphatic heterocycles. The number of hydrogen-bond acceptors (Lipinski definition) is 2. The summed E-state index contributed by atoms with van der Waals surface area (Å²) in [5.41, 5.74) is 4.99. The maximum atomic E-state index is 9.00. The molecule has 0 atom stereocenters. The number of aliphatic carboxylic acids is 1. The second kappa shape index (κ2) is 12.9. The van der Waals surface area contributed by atoms with Gasteiger partial charge in [-0.2, -0.15) is 0 Å². The second-order valence-corrected chi connectivity index (χ2v) is 1.79. The summed E-state index contributed by atoms with van der Waals surface area (Å²) >= 11 is 0. The third-order valence-corrected chi connectivity index (χ3v) is 0.519. The first-order valence-corrected chi connectivity index (χ1v) is 3.03. The average Bonchev–Trinajstić information content (AvgIpc) is 1.62. The molecule has 0 fully saturated rings. The van der Waals surface area contributed by atoms with Gasteiger partial charge in [-0.25, -0.2) is 0 Å². The van der Waals surface area contributed by atoms with Crippen LogP contribution in [0.15, 0.2) is 0 Å². The molecule has 4 nitrogen and oxygen atoms in total. The van der Waals surface area contributed by atoms with Gasteiger partial charge in [0.1, 0.15) is 0 Å². The maximum absolute atomic E-state index is 9.00. The molecule has 64 valence electrons. The van der Waals surface area contributed by atoms with Crippen LogP contribution in [0.1, 0.15) is 26.7 Å². The van der Waals surface area contributed by atoms with E-state index in [-0.39, 0.29) is 47.6 Å². The Hall–Kier alpha value is 0.317. The molecule has 0 saturated carbocycles. The molecule has 5 heteroatoms. The van der Waals surface area contributed by atoms with Crippen LogP contribution in [0.5, 0.6) is 0 Å². The molecule has 0 radical (unpaired) electrons. The molecule has 11 heavy (non-hydrogen) atoms. The molecule has 0 aliphatic rings. The molecule has 0 bridgehead atoms. The Bertz CT molecular complexity index is 113. The third-order valence-electron chi connectivity index (χ3n) is 0.519. The van der Waals surface area contributed by atoms with Crippen molar-refractivity contribution in [3.05, 3.63) is 0 Å². The van der Waals surface area contributed by atoms with E-state index in [0.29, 0.717) is 0 Å². The van der Waals surface area contributed by atoms with E-state index in [0.717, 1.165) is 19.8 Å². The fourth-order valence-electron chi connectivity index (χ4n) is 0.269. The van der Waals surface area contributed by atoms with Crippen LogP contribution in [0.2, 0.25) is 0 Å². The predicted octanol–water partition coefficient (Wildman–Crippen LogP) is 0.813. The summed E-state index contributed by atoms with van der Waals surface area (Å²) in [5, 5.41) is 14.1. The van der Waals surface area contributed by atoms with Crippen LogP contribution in [0.25, 0.3) is 0 Å². The summed E-state index contributed by atoms with van der Waals surface area (Å²) < 4.78 is 0. The molecule has 4 N–H and O–H groups in total. The summed E-state index contributed by atoms with van der Waals surface area (Å²) in [4.78, 5) is 9.00. The van der Waals surface area contributed by atoms with Gasteiger partial charge in [0.05, 0.1) is 5.84 Å². The first-order chi connectivity index (χ1) is 4.50. The van der Waals surface area contributed by atoms with Crippen molar-refractivity contribution < 1.29 is 51.6 Å². The number of amidine groups is 1. The Morgan fingerprint density at radius 2 is 1.91 bits per heavy atom. The van der Waals surface area contributed by atoms with Crippen LogP contribution >= 0.6 is 0 Å². The zero-order chi connectivity index (χ0) is 8.57. The molecular formula is C6H14CeN2O2. The van der Waals surface area contributed by atoms with E-state index in [1.54, 1.807) is 0 Å². The normalized spacial score (nSPS) is 6.73. The van der Waals surface area contributed by atoms with Crippen molar-refractivity contribution in [2.45, 2.75) is 26.7 Å². The summed E-state index contributed by atoms with van der Waals surface area (Å²) in [7, 11) is 0. The van der Waals surface area contributed by atoms with Crippen molar-refractivity contribution in [1.82, 2.24) is 0 Å². The number of carboxylic acids is 1. The summed E-state index contributed by atoms with van der Waals surface area (Å²) in [5.74, 6) is -0.544. The number of nitrogens with one attached hydrogen (secondary N) is 1. The van der Waals surface area contributed by atoms with E-state index >= 15 is 0 Å². The molecular weight excluding hydrogens is 272 g/mol. The average molecular weight is 286 g/mol. The van der Waals surface area contributed by atoms with Gasteiger partial charge in [-0.1, -0.05) is 6.92 Å². The minimum atomic E-state index is -0.833. The van der Waals surface area contributed by atoms with E-state index in [4.69, 9.17) is 21.0 Å². The largest absolute Gasteiger partial charge is 0.481 e. The van der Waals surface area contributed by atoms with E-state index in [2.05, 4.69) is 0 Å². The van der Waals surface area contributed by atoms with Crippen LogP contribution in [0.3, 0.4) is 0 Å². The molecule has 0 aromatic heterocycles. The van der Waals surface area contributed by atoms with E-state index in [1.807, 2.05) is 6.92 Å². The maximum Gasteiger partial charge on any atom is 0.300 e. The van der Waals surface area contributed by atoms with Gasteiger partial charge in [-0.05, 0) is 6.42 Å². The zero-order valence-electron chi connectivity index (χ0n) is 6.85. The van der Waals surface area contributed by atoms with Crippen LogP contribution in [0.4, 0.5) is 0 Å². The number of carboxylic acid groups (broad SMARTS) is 1. The van der Waals surface area contributed by atoms with Crippen LogP contribution in [0, 0.1) is 47.2 Å². The van der Waals surface area contributed by atoms with Crippen molar-refractivity contribution in [2.75, 3.05) is 0 Å². The minimum Gasteiger partial charge on any atom is -0.481 e. The molecule has 0 heterocycles.